The number of fused-ring (bicyclic) bond motifs is 3. The number of benzene rings is 2. The summed E-state index contributed by atoms with van der Waals surface area (Å²) in [7, 11) is 0. The number of ether oxygens (including phenoxy) is 1. The molecule has 2 unspecified atom stereocenters. The molecule has 2 bridgehead atoms. The number of nitrogens with zero attached hydrogens (tertiary/aromatic N) is 1. The fraction of sp³-hybridized carbons (Fsp3) is 0.381. The van der Waals surface area contributed by atoms with Gasteiger partial charge in [-0.2, -0.15) is 0 Å². The Bertz CT molecular complexity index is 772. The average Bonchev–Trinajstić information content (AvgIpc) is 2.69. The molecular formula is C21H22BrNO3. The fourth-order valence-corrected chi connectivity index (χ4v) is 4.28. The van der Waals surface area contributed by atoms with E-state index in [1.165, 1.54) is 12.8 Å². The van der Waals surface area contributed by atoms with E-state index in [-0.39, 0.29) is 6.23 Å². The topological polar surface area (TPSA) is 49.8 Å². The highest BCUT2D eigenvalue weighted by Crippen LogP contribution is 2.36. The molecule has 3 saturated heterocycles. The van der Waals surface area contributed by atoms with Crippen LogP contribution in [0.2, 0.25) is 0 Å². The molecule has 136 valence electrons. The quantitative estimate of drug-likeness (QED) is 0.773. The predicted octanol–water partition coefficient (Wildman–Crippen LogP) is 3.67. The summed E-state index contributed by atoms with van der Waals surface area (Å²) < 4.78 is 6.74. The summed E-state index contributed by atoms with van der Waals surface area (Å²) in [6.45, 7) is 1.93. The lowest BCUT2D eigenvalue weighted by atomic mass is 9.85. The molecule has 2 aromatic carbocycles. The minimum absolute atomic E-state index is 0.235. The van der Waals surface area contributed by atoms with Gasteiger partial charge in [0.25, 0.3) is 0 Å². The Balaban J connectivity index is 1.66. The molecule has 4 nitrogen and oxygen atoms in total. The molecule has 5 rings (SSSR count). The van der Waals surface area contributed by atoms with E-state index >= 15 is 0 Å². The summed E-state index contributed by atoms with van der Waals surface area (Å²) in [5.41, 5.74) is -0.795. The van der Waals surface area contributed by atoms with Crippen molar-refractivity contribution in [3.8, 4) is 0 Å². The smallest absolute Gasteiger partial charge is 0.349 e. The molecule has 3 heterocycles. The SMILES string of the molecule is O=C(OC1CC2CCN1CC2)C(O)(c1ccccc1)c1ccc(Br)cc1. The van der Waals surface area contributed by atoms with Crippen molar-refractivity contribution in [2.45, 2.75) is 31.1 Å². The van der Waals surface area contributed by atoms with Crippen molar-refractivity contribution in [2.24, 2.45) is 5.92 Å². The van der Waals surface area contributed by atoms with E-state index in [4.69, 9.17) is 4.74 Å². The molecule has 3 fully saturated rings. The Kier molecular flexibility index (Phi) is 4.86. The van der Waals surface area contributed by atoms with Crippen molar-refractivity contribution < 1.29 is 14.6 Å². The number of hydrogen-bond donors (Lipinski definition) is 1. The summed E-state index contributed by atoms with van der Waals surface area (Å²) >= 11 is 3.40. The molecule has 0 saturated carbocycles. The van der Waals surface area contributed by atoms with E-state index in [9.17, 15) is 9.90 Å². The van der Waals surface area contributed by atoms with Crippen molar-refractivity contribution in [3.63, 3.8) is 0 Å². The summed E-state index contributed by atoms with van der Waals surface area (Å²) in [4.78, 5) is 15.4. The van der Waals surface area contributed by atoms with E-state index in [2.05, 4.69) is 20.8 Å². The van der Waals surface area contributed by atoms with Crippen LogP contribution in [-0.4, -0.2) is 35.3 Å². The van der Waals surface area contributed by atoms with E-state index in [0.29, 0.717) is 17.0 Å². The largest absolute Gasteiger partial charge is 0.444 e. The van der Waals surface area contributed by atoms with Crippen LogP contribution in [-0.2, 0) is 15.1 Å². The standard InChI is InChI=1S/C21H22BrNO3/c22-18-8-6-17(7-9-18)21(25,16-4-2-1-3-5-16)20(24)26-19-14-15-10-12-23(19)13-11-15/h1-9,15,19,25H,10-14H2. The first-order valence-corrected chi connectivity index (χ1v) is 9.86. The lowest BCUT2D eigenvalue weighted by Gasteiger charge is -2.45. The maximum atomic E-state index is 13.2. The highest BCUT2D eigenvalue weighted by molar-refractivity contribution is 9.10. The Labute approximate surface area is 161 Å². The third kappa shape index (κ3) is 3.20. The highest BCUT2D eigenvalue weighted by atomic mass is 79.9. The van der Waals surface area contributed by atoms with Gasteiger partial charge in [-0.3, -0.25) is 4.90 Å². The van der Waals surface area contributed by atoms with Crippen molar-refractivity contribution in [3.05, 3.63) is 70.2 Å². The van der Waals surface area contributed by atoms with Gasteiger partial charge in [0.1, 0.15) is 0 Å². The van der Waals surface area contributed by atoms with Gasteiger partial charge in [0.2, 0.25) is 5.60 Å². The maximum Gasteiger partial charge on any atom is 0.349 e. The Morgan fingerprint density at radius 3 is 2.23 bits per heavy atom. The van der Waals surface area contributed by atoms with Crippen LogP contribution < -0.4 is 0 Å². The fourth-order valence-electron chi connectivity index (χ4n) is 4.02. The van der Waals surface area contributed by atoms with E-state index in [1.807, 2.05) is 30.3 Å². The van der Waals surface area contributed by atoms with Gasteiger partial charge in [0.15, 0.2) is 6.23 Å². The number of halogens is 1. The molecule has 0 spiro atoms. The van der Waals surface area contributed by atoms with Gasteiger partial charge in [-0.15, -0.1) is 0 Å². The van der Waals surface area contributed by atoms with Crippen molar-refractivity contribution >= 4 is 21.9 Å². The van der Waals surface area contributed by atoms with Crippen LogP contribution in [0.4, 0.5) is 0 Å². The van der Waals surface area contributed by atoms with Gasteiger partial charge in [-0.1, -0.05) is 58.4 Å². The highest BCUT2D eigenvalue weighted by Gasteiger charge is 2.45. The normalized spacial score (nSPS) is 26.9. The molecule has 0 radical (unpaired) electrons. The number of aliphatic hydroxyl groups is 1. The maximum absolute atomic E-state index is 13.2. The lowest BCUT2D eigenvalue weighted by Crippen LogP contribution is -2.52. The van der Waals surface area contributed by atoms with Crippen molar-refractivity contribution in [1.29, 1.82) is 0 Å². The van der Waals surface area contributed by atoms with E-state index in [0.717, 1.165) is 24.0 Å². The summed E-state index contributed by atoms with van der Waals surface area (Å²) in [5, 5.41) is 11.5. The minimum Gasteiger partial charge on any atom is -0.444 e. The molecule has 0 amide bonds. The van der Waals surface area contributed by atoms with Gasteiger partial charge in [-0.25, -0.2) is 4.79 Å². The molecule has 3 aliphatic heterocycles. The second-order valence-electron chi connectivity index (χ2n) is 7.16. The van der Waals surface area contributed by atoms with Crippen LogP contribution in [0.25, 0.3) is 0 Å². The first-order chi connectivity index (χ1) is 12.6. The number of esters is 1. The monoisotopic (exact) mass is 415 g/mol. The van der Waals surface area contributed by atoms with Gasteiger partial charge in [-0.05, 0) is 42.0 Å². The molecule has 26 heavy (non-hydrogen) atoms. The molecule has 2 aromatic rings. The molecule has 2 atom stereocenters. The number of piperidine rings is 3. The van der Waals surface area contributed by atoms with Gasteiger partial charge < -0.3 is 9.84 Å². The molecule has 0 aromatic heterocycles. The second kappa shape index (κ2) is 7.14. The zero-order valence-corrected chi connectivity index (χ0v) is 16.1. The first kappa shape index (κ1) is 17.7. The molecule has 5 heteroatoms. The van der Waals surface area contributed by atoms with Crippen LogP contribution >= 0.6 is 15.9 Å². The van der Waals surface area contributed by atoms with Crippen LogP contribution in [0.3, 0.4) is 0 Å². The summed E-state index contributed by atoms with van der Waals surface area (Å²) in [6.07, 6.45) is 2.96. The number of hydrogen-bond acceptors (Lipinski definition) is 4. The van der Waals surface area contributed by atoms with Gasteiger partial charge >= 0.3 is 5.97 Å². The zero-order chi connectivity index (χ0) is 18.1. The van der Waals surface area contributed by atoms with Gasteiger partial charge in [0, 0.05) is 24.0 Å². The van der Waals surface area contributed by atoms with Crippen LogP contribution in [0, 0.1) is 5.92 Å². The van der Waals surface area contributed by atoms with E-state index in [1.54, 1.807) is 24.3 Å². The third-order valence-electron chi connectivity index (χ3n) is 5.58. The molecular weight excluding hydrogens is 394 g/mol. The van der Waals surface area contributed by atoms with E-state index < -0.39 is 11.6 Å². The Morgan fingerprint density at radius 2 is 1.65 bits per heavy atom. The van der Waals surface area contributed by atoms with Crippen LogP contribution in [0.15, 0.2) is 59.1 Å². The second-order valence-corrected chi connectivity index (χ2v) is 8.07. The van der Waals surface area contributed by atoms with Crippen LogP contribution in [0.1, 0.15) is 30.4 Å². The molecule has 1 N–H and O–H groups in total. The Hall–Kier alpha value is -1.69. The summed E-state index contributed by atoms with van der Waals surface area (Å²) in [6, 6.07) is 16.2. The van der Waals surface area contributed by atoms with Crippen LogP contribution in [0.5, 0.6) is 0 Å². The average molecular weight is 416 g/mol. The van der Waals surface area contributed by atoms with Crippen molar-refractivity contribution in [2.75, 3.05) is 13.1 Å². The number of rotatable bonds is 4. The van der Waals surface area contributed by atoms with Gasteiger partial charge in [0.05, 0.1) is 0 Å². The van der Waals surface area contributed by atoms with Crippen molar-refractivity contribution in [1.82, 2.24) is 4.90 Å². The lowest BCUT2D eigenvalue weighted by molar-refractivity contribution is -0.187. The summed E-state index contributed by atoms with van der Waals surface area (Å²) in [5.74, 6) is 0.0128. The minimum atomic E-state index is -1.82. The first-order valence-electron chi connectivity index (χ1n) is 9.06. The third-order valence-corrected chi connectivity index (χ3v) is 6.11. The zero-order valence-electron chi connectivity index (χ0n) is 14.5. The molecule has 0 aliphatic carbocycles. The molecule has 3 aliphatic rings. The Morgan fingerprint density at radius 1 is 1.04 bits per heavy atom. The number of carbonyl (C=O) groups excluding carboxylic acids is 1. The predicted molar refractivity (Wildman–Crippen MR) is 102 cm³/mol. The number of carbonyl (C=O) groups is 1.